The van der Waals surface area contributed by atoms with Gasteiger partial charge in [0.25, 0.3) is 0 Å². The molecular formula is C17H18F3N3O3. The Morgan fingerprint density at radius 1 is 1.23 bits per heavy atom. The third-order valence-corrected chi connectivity index (χ3v) is 4.92. The monoisotopic (exact) mass is 369 g/mol. The van der Waals surface area contributed by atoms with Crippen LogP contribution in [0.1, 0.15) is 24.8 Å². The van der Waals surface area contributed by atoms with Gasteiger partial charge in [0.15, 0.2) is 0 Å². The lowest BCUT2D eigenvalue weighted by Gasteiger charge is -2.24. The summed E-state index contributed by atoms with van der Waals surface area (Å²) in [4.78, 5) is 39.1. The number of fused-ring (bicyclic) bond motifs is 2. The van der Waals surface area contributed by atoms with Gasteiger partial charge in [-0.3, -0.25) is 14.4 Å². The molecule has 0 saturated carbocycles. The number of hydrogen-bond donors (Lipinski definition) is 1. The zero-order valence-electron chi connectivity index (χ0n) is 13.9. The van der Waals surface area contributed by atoms with E-state index >= 15 is 0 Å². The lowest BCUT2D eigenvalue weighted by molar-refractivity contribution is -0.148. The van der Waals surface area contributed by atoms with Gasteiger partial charge in [0.1, 0.15) is 6.54 Å². The molecule has 0 aliphatic carbocycles. The smallest absolute Gasteiger partial charge is 0.368 e. The molecule has 2 aliphatic heterocycles. The van der Waals surface area contributed by atoms with Gasteiger partial charge in [-0.15, -0.1) is 0 Å². The predicted molar refractivity (Wildman–Crippen MR) is 86.2 cm³/mol. The number of rotatable bonds is 4. The number of primary amides is 1. The van der Waals surface area contributed by atoms with Gasteiger partial charge >= 0.3 is 6.18 Å². The van der Waals surface area contributed by atoms with Crippen LogP contribution in [-0.4, -0.2) is 48.4 Å². The molecule has 1 fully saturated rings. The van der Waals surface area contributed by atoms with E-state index in [0.717, 1.165) is 0 Å². The molecule has 140 valence electrons. The average Bonchev–Trinajstić information content (AvgIpc) is 3.10. The number of likely N-dealkylation sites (tertiary alicyclic amines) is 1. The van der Waals surface area contributed by atoms with Crippen molar-refractivity contribution in [2.24, 2.45) is 5.73 Å². The summed E-state index contributed by atoms with van der Waals surface area (Å²) >= 11 is 0. The second kappa shape index (κ2) is 6.30. The molecule has 3 amide bonds. The maximum Gasteiger partial charge on any atom is 0.389 e. The molecule has 1 aromatic carbocycles. The molecule has 26 heavy (non-hydrogen) atoms. The molecule has 2 aliphatic rings. The molecule has 2 N–H and O–H groups in total. The molecule has 1 aromatic rings. The van der Waals surface area contributed by atoms with Crippen LogP contribution in [0.5, 0.6) is 0 Å². The van der Waals surface area contributed by atoms with E-state index in [4.69, 9.17) is 5.73 Å². The number of hydrogen-bond acceptors (Lipinski definition) is 3. The first-order valence-electron chi connectivity index (χ1n) is 8.18. The third kappa shape index (κ3) is 3.13. The van der Waals surface area contributed by atoms with Gasteiger partial charge in [0.05, 0.1) is 11.8 Å². The maximum atomic E-state index is 13.0. The molecular weight excluding hydrogens is 351 g/mol. The highest BCUT2D eigenvalue weighted by atomic mass is 19.4. The number of carbonyl (C=O) groups is 3. The Labute approximate surface area is 147 Å². The van der Waals surface area contributed by atoms with E-state index in [-0.39, 0.29) is 25.5 Å². The van der Waals surface area contributed by atoms with E-state index in [9.17, 15) is 27.6 Å². The van der Waals surface area contributed by atoms with Gasteiger partial charge in [-0.1, -0.05) is 18.2 Å². The number of para-hydroxylation sites is 1. The summed E-state index contributed by atoms with van der Waals surface area (Å²) in [5.74, 6) is -1.64. The van der Waals surface area contributed by atoms with Gasteiger partial charge in [-0.05, 0) is 18.1 Å². The molecule has 1 saturated heterocycles. The van der Waals surface area contributed by atoms with Crippen LogP contribution in [0.15, 0.2) is 24.3 Å². The summed E-state index contributed by atoms with van der Waals surface area (Å²) in [5, 5.41) is 0. The van der Waals surface area contributed by atoms with E-state index in [1.807, 2.05) is 0 Å². The Balaban J connectivity index is 1.83. The van der Waals surface area contributed by atoms with E-state index in [0.29, 0.717) is 17.7 Å². The van der Waals surface area contributed by atoms with Gasteiger partial charge in [-0.2, -0.15) is 13.2 Å². The van der Waals surface area contributed by atoms with Gasteiger partial charge in [-0.25, -0.2) is 0 Å². The van der Waals surface area contributed by atoms with Crippen LogP contribution in [0, 0.1) is 0 Å². The zero-order valence-corrected chi connectivity index (χ0v) is 13.9. The second-order valence-electron chi connectivity index (χ2n) is 6.64. The van der Waals surface area contributed by atoms with E-state index in [1.165, 1.54) is 9.80 Å². The Bertz CT molecular complexity index is 765. The van der Waals surface area contributed by atoms with Crippen molar-refractivity contribution in [2.75, 3.05) is 24.5 Å². The highest BCUT2D eigenvalue weighted by Crippen LogP contribution is 2.47. The van der Waals surface area contributed by atoms with Crippen molar-refractivity contribution >= 4 is 23.4 Å². The van der Waals surface area contributed by atoms with E-state index in [2.05, 4.69) is 0 Å². The molecule has 2 heterocycles. The summed E-state index contributed by atoms with van der Waals surface area (Å²) < 4.78 is 37.1. The molecule has 1 spiro atoms. The average molecular weight is 369 g/mol. The summed E-state index contributed by atoms with van der Waals surface area (Å²) in [6, 6.07) is 6.91. The number of alkyl halides is 3. The van der Waals surface area contributed by atoms with Gasteiger partial charge < -0.3 is 15.5 Å². The summed E-state index contributed by atoms with van der Waals surface area (Å²) in [7, 11) is 0. The van der Waals surface area contributed by atoms with Crippen molar-refractivity contribution < 1.29 is 27.6 Å². The number of benzene rings is 1. The minimum absolute atomic E-state index is 0.00873. The predicted octanol–water partition coefficient (Wildman–Crippen LogP) is 1.33. The molecule has 6 nitrogen and oxygen atoms in total. The van der Waals surface area contributed by atoms with Crippen molar-refractivity contribution in [1.29, 1.82) is 0 Å². The fraction of sp³-hybridized carbons (Fsp3) is 0.471. The Morgan fingerprint density at radius 3 is 2.58 bits per heavy atom. The normalized spacial score (nSPS) is 22.2. The summed E-state index contributed by atoms with van der Waals surface area (Å²) in [5.41, 5.74) is 5.44. The largest absolute Gasteiger partial charge is 0.389 e. The number of anilines is 1. The van der Waals surface area contributed by atoms with Crippen molar-refractivity contribution in [1.82, 2.24) is 4.90 Å². The van der Waals surface area contributed by atoms with E-state index in [1.54, 1.807) is 24.3 Å². The highest BCUT2D eigenvalue weighted by Gasteiger charge is 2.55. The molecule has 0 bridgehead atoms. The molecule has 0 radical (unpaired) electrons. The minimum atomic E-state index is -4.40. The standard InChI is InChI=1S/C17H18F3N3O3/c18-17(19,20)6-5-14(25)22-8-7-16(10-22)11-3-1-2-4-12(11)23(15(16)26)9-13(21)24/h1-4H,5-10H2,(H2,21,24)/t16-/m0/s1. The minimum Gasteiger partial charge on any atom is -0.368 e. The van der Waals surface area contributed by atoms with Crippen LogP contribution < -0.4 is 10.6 Å². The first-order chi connectivity index (χ1) is 12.1. The summed E-state index contributed by atoms with van der Waals surface area (Å²) in [6.45, 7) is -0.0738. The van der Waals surface area contributed by atoms with Crippen molar-refractivity contribution in [2.45, 2.75) is 30.9 Å². The SMILES string of the molecule is NC(=O)CN1C(=O)[C@]2(CCN(C(=O)CCC(F)(F)F)C2)c2ccccc21. The van der Waals surface area contributed by atoms with Crippen molar-refractivity contribution in [3.8, 4) is 0 Å². The topological polar surface area (TPSA) is 83.7 Å². The molecule has 1 atom stereocenters. The maximum absolute atomic E-state index is 13.0. The lowest BCUT2D eigenvalue weighted by Crippen LogP contribution is -2.45. The number of nitrogens with zero attached hydrogens (tertiary/aromatic N) is 2. The Hall–Kier alpha value is -2.58. The fourth-order valence-electron chi connectivity index (χ4n) is 3.73. The van der Waals surface area contributed by atoms with Crippen LogP contribution in [-0.2, 0) is 19.8 Å². The van der Waals surface area contributed by atoms with Crippen molar-refractivity contribution in [3.63, 3.8) is 0 Å². The fourth-order valence-corrected chi connectivity index (χ4v) is 3.73. The number of nitrogens with two attached hydrogens (primary N) is 1. The number of amides is 3. The van der Waals surface area contributed by atoms with Crippen LogP contribution in [0.25, 0.3) is 0 Å². The molecule has 3 rings (SSSR count). The van der Waals surface area contributed by atoms with E-state index < -0.39 is 36.2 Å². The summed E-state index contributed by atoms with van der Waals surface area (Å²) in [6.07, 6.45) is -5.93. The zero-order chi connectivity index (χ0) is 19.1. The van der Waals surface area contributed by atoms with Gasteiger partial charge in [0, 0.05) is 25.2 Å². The van der Waals surface area contributed by atoms with Crippen LogP contribution >= 0.6 is 0 Å². The number of carbonyl (C=O) groups excluding carboxylic acids is 3. The molecule has 0 unspecified atom stereocenters. The first kappa shape index (κ1) is 18.2. The Morgan fingerprint density at radius 2 is 1.92 bits per heavy atom. The van der Waals surface area contributed by atoms with Crippen LogP contribution in [0.2, 0.25) is 0 Å². The van der Waals surface area contributed by atoms with Crippen molar-refractivity contribution in [3.05, 3.63) is 29.8 Å². The third-order valence-electron chi connectivity index (χ3n) is 4.92. The highest BCUT2D eigenvalue weighted by molar-refractivity contribution is 6.11. The molecule has 9 heteroatoms. The lowest BCUT2D eigenvalue weighted by atomic mass is 9.81. The number of halogens is 3. The van der Waals surface area contributed by atoms with Crippen LogP contribution in [0.3, 0.4) is 0 Å². The molecule has 0 aromatic heterocycles. The second-order valence-corrected chi connectivity index (χ2v) is 6.64. The van der Waals surface area contributed by atoms with Gasteiger partial charge in [0.2, 0.25) is 17.7 Å². The Kier molecular flexibility index (Phi) is 4.41. The van der Waals surface area contributed by atoms with Crippen LogP contribution in [0.4, 0.5) is 18.9 Å². The first-order valence-corrected chi connectivity index (χ1v) is 8.18. The quantitative estimate of drug-likeness (QED) is 0.869.